The van der Waals surface area contributed by atoms with E-state index < -0.39 is 21.5 Å². The molecular weight excluding hydrogens is 294 g/mol. The zero-order chi connectivity index (χ0) is 15.5. The van der Waals surface area contributed by atoms with Gasteiger partial charge in [0.1, 0.15) is 0 Å². The Morgan fingerprint density at radius 2 is 1.86 bits per heavy atom. The monoisotopic (exact) mass is 313 g/mol. The highest BCUT2D eigenvalue weighted by Gasteiger charge is 2.37. The third-order valence-electron chi connectivity index (χ3n) is 3.80. The maximum absolute atomic E-state index is 12.4. The lowest BCUT2D eigenvalue weighted by Gasteiger charge is -2.27. The van der Waals surface area contributed by atoms with Crippen molar-refractivity contribution in [3.63, 3.8) is 0 Å². The van der Waals surface area contributed by atoms with Crippen LogP contribution in [0.25, 0.3) is 0 Å². The summed E-state index contributed by atoms with van der Waals surface area (Å²) in [6, 6.07) is 5.52. The summed E-state index contributed by atoms with van der Waals surface area (Å²) in [7, 11) is -2.46. The highest BCUT2D eigenvalue weighted by molar-refractivity contribution is 7.89. The van der Waals surface area contributed by atoms with Crippen molar-refractivity contribution in [1.82, 2.24) is 4.72 Å². The van der Waals surface area contributed by atoms with Gasteiger partial charge >= 0.3 is 5.97 Å². The van der Waals surface area contributed by atoms with Crippen LogP contribution in [0, 0.1) is 0 Å². The number of aliphatic hydroxyl groups is 1. The van der Waals surface area contributed by atoms with E-state index in [1.54, 1.807) is 0 Å². The number of benzene rings is 1. The number of hydrogen-bond donors (Lipinski definition) is 2. The van der Waals surface area contributed by atoms with Gasteiger partial charge in [0, 0.05) is 0 Å². The second-order valence-electron chi connectivity index (χ2n) is 5.27. The molecule has 116 valence electrons. The van der Waals surface area contributed by atoms with Crippen LogP contribution in [0.1, 0.15) is 36.0 Å². The van der Waals surface area contributed by atoms with Crippen molar-refractivity contribution in [2.75, 3.05) is 13.7 Å². The third-order valence-corrected chi connectivity index (χ3v) is 5.39. The Kier molecular flexibility index (Phi) is 4.65. The number of nitrogens with one attached hydrogen (secondary N) is 1. The van der Waals surface area contributed by atoms with Gasteiger partial charge in [-0.25, -0.2) is 17.9 Å². The normalized spacial score (nSPS) is 17.6. The molecule has 1 aliphatic carbocycles. The molecule has 0 aliphatic heterocycles. The second kappa shape index (κ2) is 6.13. The quantitative estimate of drug-likeness (QED) is 0.793. The lowest BCUT2D eigenvalue weighted by Crippen LogP contribution is -2.49. The number of hydrogen-bond acceptors (Lipinski definition) is 5. The number of carbonyl (C=O) groups is 1. The Morgan fingerprint density at radius 3 is 2.33 bits per heavy atom. The molecule has 0 amide bonds. The summed E-state index contributed by atoms with van der Waals surface area (Å²) in [5.74, 6) is -0.519. The van der Waals surface area contributed by atoms with Crippen LogP contribution in [0.2, 0.25) is 0 Å². The van der Waals surface area contributed by atoms with Crippen LogP contribution in [-0.4, -0.2) is 38.7 Å². The van der Waals surface area contributed by atoms with Crippen molar-refractivity contribution < 1.29 is 23.1 Å². The topological polar surface area (TPSA) is 92.7 Å². The standard InChI is InChI=1S/C14H19NO5S/c1-20-13(17)11-4-6-12(7-5-11)21(18,19)15-14(10-16)8-2-3-9-14/h4-7,15-16H,2-3,8-10H2,1H3. The molecule has 0 saturated heterocycles. The van der Waals surface area contributed by atoms with Gasteiger partial charge in [0.2, 0.25) is 10.0 Å². The summed E-state index contributed by atoms with van der Waals surface area (Å²) < 4.78 is 31.9. The van der Waals surface area contributed by atoms with Crippen molar-refractivity contribution >= 4 is 16.0 Å². The smallest absolute Gasteiger partial charge is 0.337 e. The third kappa shape index (κ3) is 3.42. The van der Waals surface area contributed by atoms with Crippen LogP contribution < -0.4 is 4.72 Å². The number of esters is 1. The Hall–Kier alpha value is -1.44. The van der Waals surface area contributed by atoms with Gasteiger partial charge in [0.15, 0.2) is 0 Å². The number of sulfonamides is 1. The van der Waals surface area contributed by atoms with E-state index >= 15 is 0 Å². The largest absolute Gasteiger partial charge is 0.465 e. The van der Waals surface area contributed by atoms with Crippen LogP contribution in [0.5, 0.6) is 0 Å². The fourth-order valence-corrected chi connectivity index (χ4v) is 4.03. The number of aliphatic hydroxyl groups excluding tert-OH is 1. The van der Waals surface area contributed by atoms with Crippen molar-refractivity contribution in [3.8, 4) is 0 Å². The van der Waals surface area contributed by atoms with E-state index in [9.17, 15) is 18.3 Å². The minimum atomic E-state index is -3.73. The molecule has 1 aliphatic rings. The Balaban J connectivity index is 2.21. The van der Waals surface area contributed by atoms with Gasteiger partial charge in [0.25, 0.3) is 0 Å². The molecule has 0 aromatic heterocycles. The Labute approximate surface area is 124 Å². The van der Waals surface area contributed by atoms with Gasteiger partial charge < -0.3 is 9.84 Å². The zero-order valence-electron chi connectivity index (χ0n) is 11.8. The van der Waals surface area contributed by atoms with Crippen LogP contribution in [-0.2, 0) is 14.8 Å². The number of carbonyl (C=O) groups excluding carboxylic acids is 1. The van der Waals surface area contributed by atoms with Crippen molar-refractivity contribution in [1.29, 1.82) is 0 Å². The first kappa shape index (κ1) is 15.9. The zero-order valence-corrected chi connectivity index (χ0v) is 12.6. The maximum atomic E-state index is 12.4. The van der Waals surface area contributed by atoms with Crippen LogP contribution in [0.15, 0.2) is 29.2 Å². The molecule has 0 unspecified atom stereocenters. The Bertz CT molecular complexity index is 603. The fraction of sp³-hybridized carbons (Fsp3) is 0.500. The molecule has 0 spiro atoms. The number of ether oxygens (including phenoxy) is 1. The minimum absolute atomic E-state index is 0.0647. The van der Waals surface area contributed by atoms with Gasteiger partial charge in [-0.2, -0.15) is 0 Å². The second-order valence-corrected chi connectivity index (χ2v) is 6.95. The maximum Gasteiger partial charge on any atom is 0.337 e. The van der Waals surface area contributed by atoms with E-state index in [1.807, 2.05) is 0 Å². The molecule has 0 heterocycles. The molecule has 6 nitrogen and oxygen atoms in total. The molecule has 2 N–H and O–H groups in total. The number of rotatable bonds is 5. The van der Waals surface area contributed by atoms with Crippen LogP contribution in [0.4, 0.5) is 0 Å². The van der Waals surface area contributed by atoms with E-state index in [-0.39, 0.29) is 17.1 Å². The Morgan fingerprint density at radius 1 is 1.29 bits per heavy atom. The molecule has 0 radical (unpaired) electrons. The molecule has 0 atom stereocenters. The first-order chi connectivity index (χ1) is 9.92. The van der Waals surface area contributed by atoms with Crippen LogP contribution in [0.3, 0.4) is 0 Å². The first-order valence-electron chi connectivity index (χ1n) is 6.76. The summed E-state index contributed by atoms with van der Waals surface area (Å²) in [5.41, 5.74) is -0.478. The van der Waals surface area contributed by atoms with Gasteiger partial charge in [-0.05, 0) is 37.1 Å². The predicted molar refractivity (Wildman–Crippen MR) is 76.4 cm³/mol. The van der Waals surface area contributed by atoms with E-state index in [0.29, 0.717) is 12.8 Å². The molecule has 1 saturated carbocycles. The van der Waals surface area contributed by atoms with Gasteiger partial charge in [-0.1, -0.05) is 12.8 Å². The van der Waals surface area contributed by atoms with Gasteiger partial charge in [-0.3, -0.25) is 0 Å². The van der Waals surface area contributed by atoms with Gasteiger partial charge in [-0.15, -0.1) is 0 Å². The minimum Gasteiger partial charge on any atom is -0.465 e. The van der Waals surface area contributed by atoms with E-state index in [1.165, 1.54) is 31.4 Å². The molecule has 7 heteroatoms. The predicted octanol–water partition coefficient (Wildman–Crippen LogP) is 1.06. The van der Waals surface area contributed by atoms with Gasteiger partial charge in [0.05, 0.1) is 29.7 Å². The lowest BCUT2D eigenvalue weighted by atomic mass is 10.0. The van der Waals surface area contributed by atoms with Crippen molar-refractivity contribution in [2.24, 2.45) is 0 Å². The SMILES string of the molecule is COC(=O)c1ccc(S(=O)(=O)NC2(CO)CCCC2)cc1. The van der Waals surface area contributed by atoms with Crippen molar-refractivity contribution in [2.45, 2.75) is 36.1 Å². The van der Waals surface area contributed by atoms with Crippen molar-refractivity contribution in [3.05, 3.63) is 29.8 Å². The summed E-state index contributed by atoms with van der Waals surface area (Å²) >= 11 is 0. The molecule has 1 aromatic rings. The molecule has 2 rings (SSSR count). The molecule has 1 fully saturated rings. The highest BCUT2D eigenvalue weighted by Crippen LogP contribution is 2.30. The first-order valence-corrected chi connectivity index (χ1v) is 8.24. The molecular formula is C14H19NO5S. The average molecular weight is 313 g/mol. The summed E-state index contributed by atoms with van der Waals surface area (Å²) in [4.78, 5) is 11.4. The summed E-state index contributed by atoms with van der Waals surface area (Å²) in [5, 5.41) is 9.49. The van der Waals surface area contributed by atoms with E-state index in [4.69, 9.17) is 0 Å². The molecule has 21 heavy (non-hydrogen) atoms. The summed E-state index contributed by atoms with van der Waals surface area (Å²) in [6.45, 7) is -0.216. The molecule has 1 aromatic carbocycles. The van der Waals surface area contributed by atoms with Crippen LogP contribution >= 0.6 is 0 Å². The lowest BCUT2D eigenvalue weighted by molar-refractivity contribution is 0.0600. The van der Waals surface area contributed by atoms with E-state index in [0.717, 1.165) is 12.8 Å². The average Bonchev–Trinajstić information content (AvgIpc) is 2.95. The highest BCUT2D eigenvalue weighted by atomic mass is 32.2. The van der Waals surface area contributed by atoms with E-state index in [2.05, 4.69) is 9.46 Å². The fourth-order valence-electron chi connectivity index (χ4n) is 2.58. The summed E-state index contributed by atoms with van der Waals surface area (Å²) in [6.07, 6.45) is 3.04. The molecule has 0 bridgehead atoms. The number of methoxy groups -OCH3 is 1.